The minimum Gasteiger partial charge on any atom is -0.353 e. The first-order chi connectivity index (χ1) is 10.9. The van der Waals surface area contributed by atoms with Crippen LogP contribution in [0.1, 0.15) is 0 Å². The maximum atomic E-state index is 5.30. The highest BCUT2D eigenvalue weighted by Crippen LogP contribution is 2.05. The first-order valence-electron chi connectivity index (χ1n) is 6.70. The molecule has 2 aromatic rings. The highest BCUT2D eigenvalue weighted by molar-refractivity contribution is 7.80. The number of thiocarbonyl (C=S) groups is 2. The molecule has 0 radical (unpaired) electrons. The lowest BCUT2D eigenvalue weighted by atomic mass is 10.3. The maximum absolute atomic E-state index is 5.30. The molecule has 0 fully saturated rings. The van der Waals surface area contributed by atoms with Gasteiger partial charge in [0.25, 0.3) is 0 Å². The van der Waals surface area contributed by atoms with E-state index in [2.05, 4.69) is 9.98 Å². The van der Waals surface area contributed by atoms with E-state index in [9.17, 15) is 0 Å². The van der Waals surface area contributed by atoms with Crippen molar-refractivity contribution >= 4 is 55.3 Å². The van der Waals surface area contributed by atoms with Crippen molar-refractivity contribution in [1.82, 2.24) is 14.4 Å². The van der Waals surface area contributed by atoms with E-state index in [4.69, 9.17) is 24.4 Å². The summed E-state index contributed by atoms with van der Waals surface area (Å²) in [5.74, 6) is 0. The summed E-state index contributed by atoms with van der Waals surface area (Å²) in [5, 5.41) is 1.04. The van der Waals surface area contributed by atoms with E-state index in [1.807, 2.05) is 63.1 Å². The van der Waals surface area contributed by atoms with Crippen LogP contribution in [-0.2, 0) is 0 Å². The highest BCUT2D eigenvalue weighted by atomic mass is 32.9. The lowest BCUT2D eigenvalue weighted by Gasteiger charge is -2.09. The lowest BCUT2D eigenvalue weighted by Crippen LogP contribution is -2.29. The number of aromatic nitrogens is 1. The first-order valence-corrected chi connectivity index (χ1v) is 9.66. The molecule has 0 aliphatic heterocycles. The average Bonchev–Trinajstić information content (AvgIpc) is 2.90. The Morgan fingerprint density at radius 1 is 0.870 bits per heavy atom. The predicted molar refractivity (Wildman–Crippen MR) is 105 cm³/mol. The van der Waals surface area contributed by atoms with Gasteiger partial charge in [-0.05, 0) is 57.2 Å². The van der Waals surface area contributed by atoms with Crippen molar-refractivity contribution in [1.29, 1.82) is 0 Å². The third kappa shape index (κ3) is 4.54. The van der Waals surface area contributed by atoms with Crippen LogP contribution in [-0.4, -0.2) is 52.8 Å². The molecule has 0 N–H and O–H groups in total. The van der Waals surface area contributed by atoms with E-state index in [0.29, 0.717) is 10.2 Å². The molecule has 5 nitrogen and oxygen atoms in total. The standard InChI is InChI=1S/C14H17N5S4/c1-17(2)11(20)15-13-19(10-8-6-5-7-9-10)14(23-22-13)16-12(21)18(3)4/h5-9H,1-4H3/b15-13-,16-14-. The Morgan fingerprint density at radius 3 is 1.70 bits per heavy atom. The summed E-state index contributed by atoms with van der Waals surface area (Å²) in [4.78, 5) is 14.2. The molecule has 0 aliphatic rings. The molecule has 0 saturated carbocycles. The van der Waals surface area contributed by atoms with Gasteiger partial charge in [0.1, 0.15) is 0 Å². The number of hydrogen-bond donors (Lipinski definition) is 0. The molecule has 1 aromatic carbocycles. The van der Waals surface area contributed by atoms with E-state index in [-0.39, 0.29) is 0 Å². The molecular weight excluding hydrogens is 366 g/mol. The van der Waals surface area contributed by atoms with Gasteiger partial charge in [-0.3, -0.25) is 4.57 Å². The van der Waals surface area contributed by atoms with Gasteiger partial charge in [0, 0.05) is 28.2 Å². The molecule has 0 atom stereocenters. The van der Waals surface area contributed by atoms with E-state index in [0.717, 1.165) is 15.3 Å². The Bertz CT molecular complexity index is 777. The molecule has 9 heteroatoms. The number of para-hydroxylation sites is 1. The summed E-state index contributed by atoms with van der Waals surface area (Å²) in [7, 11) is 10.6. The summed E-state index contributed by atoms with van der Waals surface area (Å²) in [6.07, 6.45) is 0. The molecule has 0 saturated heterocycles. The zero-order chi connectivity index (χ0) is 17.0. The average molecular weight is 384 g/mol. The van der Waals surface area contributed by atoms with Crippen LogP contribution in [0, 0.1) is 0 Å². The van der Waals surface area contributed by atoms with Crippen LogP contribution in [0.4, 0.5) is 0 Å². The zero-order valence-corrected chi connectivity index (χ0v) is 16.5. The van der Waals surface area contributed by atoms with Gasteiger partial charge in [0.05, 0.1) is 5.69 Å². The Balaban J connectivity index is 2.70. The third-order valence-corrected chi connectivity index (χ3v) is 5.72. The second-order valence-electron chi connectivity index (χ2n) is 4.98. The van der Waals surface area contributed by atoms with Crippen LogP contribution >= 0.6 is 45.1 Å². The molecule has 122 valence electrons. The second-order valence-corrected chi connectivity index (χ2v) is 7.77. The Morgan fingerprint density at radius 2 is 1.30 bits per heavy atom. The summed E-state index contributed by atoms with van der Waals surface area (Å²) >= 11 is 10.6. The summed E-state index contributed by atoms with van der Waals surface area (Å²) in [6, 6.07) is 9.95. The van der Waals surface area contributed by atoms with Gasteiger partial charge in [-0.1, -0.05) is 18.2 Å². The van der Waals surface area contributed by atoms with Gasteiger partial charge in [-0.2, -0.15) is 9.98 Å². The molecule has 23 heavy (non-hydrogen) atoms. The van der Waals surface area contributed by atoms with Crippen molar-refractivity contribution in [2.24, 2.45) is 9.98 Å². The maximum Gasteiger partial charge on any atom is 0.209 e. The normalized spacial score (nSPS) is 12.3. The Kier molecular flexibility index (Phi) is 6.17. The smallest absolute Gasteiger partial charge is 0.209 e. The minimum absolute atomic E-state index is 0.519. The number of rotatable bonds is 1. The SMILES string of the molecule is CN(C)C(=S)/N=c1\ss/c(=N\C(=S)N(C)C)n1-c1ccccc1. The highest BCUT2D eigenvalue weighted by Gasteiger charge is 2.07. The molecule has 0 unspecified atom stereocenters. The van der Waals surface area contributed by atoms with E-state index in [1.165, 1.54) is 20.7 Å². The summed E-state index contributed by atoms with van der Waals surface area (Å²) < 4.78 is 1.97. The lowest BCUT2D eigenvalue weighted by molar-refractivity contribution is 0.624. The van der Waals surface area contributed by atoms with Gasteiger partial charge in [0.15, 0.2) is 10.2 Å². The van der Waals surface area contributed by atoms with Crippen molar-refractivity contribution in [3.63, 3.8) is 0 Å². The van der Waals surface area contributed by atoms with Crippen molar-refractivity contribution in [3.05, 3.63) is 39.9 Å². The monoisotopic (exact) mass is 383 g/mol. The van der Waals surface area contributed by atoms with Crippen LogP contribution < -0.4 is 9.60 Å². The number of hydrogen-bond acceptors (Lipinski definition) is 4. The Labute approximate surface area is 153 Å². The van der Waals surface area contributed by atoms with Gasteiger partial charge in [-0.15, -0.1) is 0 Å². The van der Waals surface area contributed by atoms with Gasteiger partial charge >= 0.3 is 0 Å². The van der Waals surface area contributed by atoms with Crippen LogP contribution in [0.2, 0.25) is 0 Å². The molecule has 2 rings (SSSR count). The van der Waals surface area contributed by atoms with E-state index < -0.39 is 0 Å². The molecule has 0 aliphatic carbocycles. The second kappa shape index (κ2) is 7.91. The van der Waals surface area contributed by atoms with Gasteiger partial charge in [0.2, 0.25) is 9.60 Å². The fourth-order valence-electron chi connectivity index (χ4n) is 1.53. The van der Waals surface area contributed by atoms with Crippen LogP contribution in [0.15, 0.2) is 40.3 Å². The number of benzene rings is 1. The summed E-state index contributed by atoms with van der Waals surface area (Å²) in [5.41, 5.74) is 0.977. The third-order valence-electron chi connectivity index (χ3n) is 2.74. The topological polar surface area (TPSA) is 36.1 Å². The van der Waals surface area contributed by atoms with Crippen molar-refractivity contribution < 1.29 is 0 Å². The predicted octanol–water partition coefficient (Wildman–Crippen LogP) is 2.09. The van der Waals surface area contributed by atoms with Crippen LogP contribution in [0.3, 0.4) is 0 Å². The van der Waals surface area contributed by atoms with Crippen molar-refractivity contribution in [2.45, 2.75) is 0 Å². The molecule has 1 aromatic heterocycles. The number of nitrogens with zero attached hydrogens (tertiary/aromatic N) is 5. The zero-order valence-electron chi connectivity index (χ0n) is 13.3. The fourth-order valence-corrected chi connectivity index (χ4v) is 3.92. The van der Waals surface area contributed by atoms with Crippen LogP contribution in [0.25, 0.3) is 5.69 Å². The molecule has 0 amide bonds. The largest absolute Gasteiger partial charge is 0.353 e. The molecule has 0 bridgehead atoms. The Hall–Kier alpha value is -1.42. The first kappa shape index (κ1) is 17.9. The van der Waals surface area contributed by atoms with E-state index in [1.54, 1.807) is 9.80 Å². The van der Waals surface area contributed by atoms with Crippen molar-refractivity contribution in [2.75, 3.05) is 28.2 Å². The minimum atomic E-state index is 0.519. The molecular formula is C14H17N5S4. The summed E-state index contributed by atoms with van der Waals surface area (Å²) in [6.45, 7) is 0. The molecule has 1 heterocycles. The fraction of sp³-hybridized carbons (Fsp3) is 0.286. The quantitative estimate of drug-likeness (QED) is 0.558. The van der Waals surface area contributed by atoms with E-state index >= 15 is 0 Å². The van der Waals surface area contributed by atoms with Gasteiger partial charge in [-0.25, -0.2) is 0 Å². The molecule has 0 spiro atoms. The van der Waals surface area contributed by atoms with Crippen LogP contribution in [0.5, 0.6) is 0 Å². The van der Waals surface area contributed by atoms with Crippen molar-refractivity contribution in [3.8, 4) is 5.69 Å². The van der Waals surface area contributed by atoms with Gasteiger partial charge < -0.3 is 9.80 Å².